The standard InChI is InChI=1S/C13H16F2N2/c14-11-4-1-5-12(13(11)15)17-8-7-16-6-2-3-10(16)9-17/h1,4-5,10H,2-3,6-9H2. The lowest BCUT2D eigenvalue weighted by Crippen LogP contribution is -2.50. The third kappa shape index (κ3) is 1.90. The van der Waals surface area contributed by atoms with E-state index in [1.54, 1.807) is 12.1 Å². The molecule has 0 aliphatic carbocycles. The van der Waals surface area contributed by atoms with Gasteiger partial charge in [0.25, 0.3) is 0 Å². The van der Waals surface area contributed by atoms with Gasteiger partial charge in [-0.15, -0.1) is 0 Å². The van der Waals surface area contributed by atoms with Crippen LogP contribution in [-0.2, 0) is 0 Å². The molecule has 2 heterocycles. The molecule has 1 aromatic carbocycles. The maximum absolute atomic E-state index is 13.7. The maximum Gasteiger partial charge on any atom is 0.182 e. The first kappa shape index (κ1) is 11.0. The van der Waals surface area contributed by atoms with Crippen molar-refractivity contribution in [2.24, 2.45) is 0 Å². The second-order valence-corrected chi connectivity index (χ2v) is 4.85. The molecule has 2 saturated heterocycles. The molecule has 0 bridgehead atoms. The summed E-state index contributed by atoms with van der Waals surface area (Å²) in [6.45, 7) is 3.72. The average Bonchev–Trinajstić information content (AvgIpc) is 2.79. The second-order valence-electron chi connectivity index (χ2n) is 4.85. The van der Waals surface area contributed by atoms with Crippen molar-refractivity contribution in [3.63, 3.8) is 0 Å². The molecule has 92 valence electrons. The average molecular weight is 238 g/mol. The summed E-state index contributed by atoms with van der Waals surface area (Å²) in [5.41, 5.74) is 0.413. The summed E-state index contributed by atoms with van der Waals surface area (Å²) >= 11 is 0. The predicted octanol–water partition coefficient (Wildman–Crippen LogP) is 2.25. The third-order valence-corrected chi connectivity index (χ3v) is 3.86. The lowest BCUT2D eigenvalue weighted by atomic mass is 10.1. The van der Waals surface area contributed by atoms with E-state index in [9.17, 15) is 8.78 Å². The van der Waals surface area contributed by atoms with Crippen molar-refractivity contribution >= 4 is 5.69 Å². The number of anilines is 1. The van der Waals surface area contributed by atoms with Crippen LogP contribution in [0.3, 0.4) is 0 Å². The molecule has 0 N–H and O–H groups in total. The van der Waals surface area contributed by atoms with E-state index in [0.29, 0.717) is 11.7 Å². The van der Waals surface area contributed by atoms with Gasteiger partial charge < -0.3 is 4.90 Å². The zero-order chi connectivity index (χ0) is 11.8. The molecule has 0 saturated carbocycles. The Bertz CT molecular complexity index is 422. The van der Waals surface area contributed by atoms with Gasteiger partial charge in [-0.05, 0) is 31.5 Å². The van der Waals surface area contributed by atoms with Gasteiger partial charge in [-0.2, -0.15) is 0 Å². The number of benzene rings is 1. The van der Waals surface area contributed by atoms with Crippen molar-refractivity contribution < 1.29 is 8.78 Å². The van der Waals surface area contributed by atoms with E-state index in [-0.39, 0.29) is 0 Å². The molecule has 2 aliphatic heterocycles. The number of fused-ring (bicyclic) bond motifs is 1. The molecule has 0 aromatic heterocycles. The zero-order valence-electron chi connectivity index (χ0n) is 9.70. The number of rotatable bonds is 1. The minimum absolute atomic E-state index is 0.413. The van der Waals surface area contributed by atoms with E-state index in [2.05, 4.69) is 4.90 Å². The van der Waals surface area contributed by atoms with Crippen LogP contribution in [0.4, 0.5) is 14.5 Å². The van der Waals surface area contributed by atoms with E-state index in [0.717, 1.165) is 26.2 Å². The Morgan fingerprint density at radius 1 is 1.12 bits per heavy atom. The first-order valence-electron chi connectivity index (χ1n) is 6.19. The van der Waals surface area contributed by atoms with Gasteiger partial charge >= 0.3 is 0 Å². The van der Waals surface area contributed by atoms with Crippen LogP contribution < -0.4 is 4.90 Å². The van der Waals surface area contributed by atoms with Crippen LogP contribution in [-0.4, -0.2) is 37.1 Å². The largest absolute Gasteiger partial charge is 0.366 e. The van der Waals surface area contributed by atoms with Crippen molar-refractivity contribution in [2.75, 3.05) is 31.1 Å². The van der Waals surface area contributed by atoms with Crippen LogP contribution in [0.5, 0.6) is 0 Å². The molecular formula is C13H16F2N2. The lowest BCUT2D eigenvalue weighted by molar-refractivity contribution is 0.230. The van der Waals surface area contributed by atoms with E-state index < -0.39 is 11.6 Å². The monoisotopic (exact) mass is 238 g/mol. The minimum atomic E-state index is -0.753. The SMILES string of the molecule is Fc1cccc(N2CCN3CCCC3C2)c1F. The Labute approximate surface area is 99.8 Å². The highest BCUT2D eigenvalue weighted by molar-refractivity contribution is 5.48. The lowest BCUT2D eigenvalue weighted by Gasteiger charge is -2.38. The van der Waals surface area contributed by atoms with Crippen molar-refractivity contribution in [1.29, 1.82) is 0 Å². The molecule has 1 unspecified atom stereocenters. The van der Waals surface area contributed by atoms with Gasteiger partial charge in [0.1, 0.15) is 0 Å². The number of halogens is 2. The third-order valence-electron chi connectivity index (χ3n) is 3.86. The van der Waals surface area contributed by atoms with E-state index in [1.165, 1.54) is 18.9 Å². The Balaban J connectivity index is 1.82. The highest BCUT2D eigenvalue weighted by Gasteiger charge is 2.31. The van der Waals surface area contributed by atoms with Gasteiger partial charge in [0.15, 0.2) is 11.6 Å². The highest BCUT2D eigenvalue weighted by Crippen LogP contribution is 2.27. The van der Waals surface area contributed by atoms with Crippen molar-refractivity contribution in [1.82, 2.24) is 4.90 Å². The Morgan fingerprint density at radius 2 is 2.00 bits per heavy atom. The molecule has 0 amide bonds. The molecule has 17 heavy (non-hydrogen) atoms. The fourth-order valence-electron chi connectivity index (χ4n) is 2.95. The fraction of sp³-hybridized carbons (Fsp3) is 0.538. The van der Waals surface area contributed by atoms with Crippen LogP contribution in [0.25, 0.3) is 0 Å². The Morgan fingerprint density at radius 3 is 2.88 bits per heavy atom. The predicted molar refractivity (Wildman–Crippen MR) is 63.2 cm³/mol. The Kier molecular flexibility index (Phi) is 2.74. The quantitative estimate of drug-likeness (QED) is 0.740. The van der Waals surface area contributed by atoms with Crippen LogP contribution in [0, 0.1) is 11.6 Å². The summed E-state index contributed by atoms with van der Waals surface area (Å²) in [7, 11) is 0. The number of nitrogens with zero attached hydrogens (tertiary/aromatic N) is 2. The Hall–Kier alpha value is -1.16. The smallest absolute Gasteiger partial charge is 0.182 e. The molecule has 0 spiro atoms. The van der Waals surface area contributed by atoms with Crippen LogP contribution in [0.2, 0.25) is 0 Å². The van der Waals surface area contributed by atoms with Gasteiger partial charge in [-0.25, -0.2) is 8.78 Å². The van der Waals surface area contributed by atoms with Crippen LogP contribution in [0.15, 0.2) is 18.2 Å². The van der Waals surface area contributed by atoms with E-state index >= 15 is 0 Å². The maximum atomic E-state index is 13.7. The van der Waals surface area contributed by atoms with Crippen molar-refractivity contribution in [2.45, 2.75) is 18.9 Å². The first-order valence-corrected chi connectivity index (χ1v) is 6.19. The normalized spacial score (nSPS) is 25.1. The van der Waals surface area contributed by atoms with Crippen LogP contribution >= 0.6 is 0 Å². The van der Waals surface area contributed by atoms with E-state index in [4.69, 9.17) is 0 Å². The highest BCUT2D eigenvalue weighted by atomic mass is 19.2. The summed E-state index contributed by atoms with van der Waals surface area (Å²) in [5, 5.41) is 0. The van der Waals surface area contributed by atoms with Crippen molar-refractivity contribution in [3.8, 4) is 0 Å². The summed E-state index contributed by atoms with van der Waals surface area (Å²) < 4.78 is 26.9. The van der Waals surface area contributed by atoms with Gasteiger partial charge in [0, 0.05) is 25.7 Å². The summed E-state index contributed by atoms with van der Waals surface area (Å²) in [6.07, 6.45) is 2.40. The van der Waals surface area contributed by atoms with Gasteiger partial charge in [-0.1, -0.05) is 6.07 Å². The van der Waals surface area contributed by atoms with Crippen LogP contribution in [0.1, 0.15) is 12.8 Å². The van der Waals surface area contributed by atoms with E-state index in [1.807, 2.05) is 4.90 Å². The number of hydrogen-bond acceptors (Lipinski definition) is 2. The minimum Gasteiger partial charge on any atom is -0.366 e. The molecule has 2 nitrogen and oxygen atoms in total. The molecule has 2 aliphatic rings. The van der Waals surface area contributed by atoms with Gasteiger partial charge in [0.2, 0.25) is 0 Å². The molecular weight excluding hydrogens is 222 g/mol. The second kappa shape index (κ2) is 4.26. The summed E-state index contributed by atoms with van der Waals surface area (Å²) in [5.74, 6) is -1.46. The molecule has 2 fully saturated rings. The first-order chi connectivity index (χ1) is 8.25. The van der Waals surface area contributed by atoms with Gasteiger partial charge in [-0.3, -0.25) is 4.90 Å². The number of hydrogen-bond donors (Lipinski definition) is 0. The number of piperazine rings is 1. The molecule has 1 atom stereocenters. The molecule has 3 rings (SSSR count). The molecule has 4 heteroatoms. The molecule has 0 radical (unpaired) electrons. The molecule has 1 aromatic rings. The summed E-state index contributed by atoms with van der Waals surface area (Å²) in [4.78, 5) is 4.43. The van der Waals surface area contributed by atoms with Gasteiger partial charge in [0.05, 0.1) is 5.69 Å². The fourth-order valence-corrected chi connectivity index (χ4v) is 2.95. The zero-order valence-corrected chi connectivity index (χ0v) is 9.70. The summed E-state index contributed by atoms with van der Waals surface area (Å²) in [6, 6.07) is 4.94. The van der Waals surface area contributed by atoms with Crippen molar-refractivity contribution in [3.05, 3.63) is 29.8 Å². The topological polar surface area (TPSA) is 6.48 Å².